The molecule has 2 heteroatoms. The van der Waals surface area contributed by atoms with Crippen LogP contribution in [0.3, 0.4) is 0 Å². The lowest BCUT2D eigenvalue weighted by atomic mass is 9.87. The minimum atomic E-state index is 0.675. The highest BCUT2D eigenvalue weighted by Crippen LogP contribution is 2.26. The lowest BCUT2D eigenvalue weighted by Crippen LogP contribution is -2.11. The molecule has 1 aliphatic rings. The van der Waals surface area contributed by atoms with Crippen molar-refractivity contribution in [3.63, 3.8) is 0 Å². The van der Waals surface area contributed by atoms with Crippen molar-refractivity contribution in [2.45, 2.75) is 58.3 Å². The Labute approximate surface area is 129 Å². The van der Waals surface area contributed by atoms with Crippen LogP contribution in [0.4, 0.5) is 5.69 Å². The van der Waals surface area contributed by atoms with Crippen LogP contribution >= 0.6 is 0 Å². The zero-order valence-electron chi connectivity index (χ0n) is 13.4. The molecule has 1 N–H and O–H groups in total. The molecule has 0 bridgehead atoms. The van der Waals surface area contributed by atoms with Crippen molar-refractivity contribution in [1.29, 1.82) is 0 Å². The van der Waals surface area contributed by atoms with Gasteiger partial charge in [0.1, 0.15) is 0 Å². The van der Waals surface area contributed by atoms with E-state index in [1.165, 1.54) is 37.7 Å². The Kier molecular flexibility index (Phi) is 6.65. The third-order valence-electron chi connectivity index (χ3n) is 4.34. The fourth-order valence-corrected chi connectivity index (χ4v) is 3.14. The van der Waals surface area contributed by atoms with E-state index < -0.39 is 0 Å². The summed E-state index contributed by atoms with van der Waals surface area (Å²) in [6.07, 6.45) is 10.4. The van der Waals surface area contributed by atoms with E-state index in [-0.39, 0.29) is 0 Å². The molecular weight excluding hydrogens is 258 g/mol. The highest BCUT2D eigenvalue weighted by molar-refractivity contribution is 5.53. The summed E-state index contributed by atoms with van der Waals surface area (Å²) in [7, 11) is 0. The highest BCUT2D eigenvalue weighted by atomic mass is 16.5. The molecule has 0 atom stereocenters. The van der Waals surface area contributed by atoms with Crippen LogP contribution in [0.15, 0.2) is 36.7 Å². The maximum Gasteiger partial charge on any atom is 0.183 e. The standard InChI is InChI=1S/C19H29NO/c1-3-9-18-12-7-8-13-19(18)20-16(2)21-15-14-17-10-5-4-6-11-17/h7-8,12-13,17,20H,2-6,9-11,14-15H2,1H3. The van der Waals surface area contributed by atoms with E-state index in [0.717, 1.165) is 37.5 Å². The second kappa shape index (κ2) is 8.76. The van der Waals surface area contributed by atoms with Gasteiger partial charge >= 0.3 is 0 Å². The van der Waals surface area contributed by atoms with Crippen molar-refractivity contribution < 1.29 is 4.74 Å². The van der Waals surface area contributed by atoms with Crippen molar-refractivity contribution in [3.8, 4) is 0 Å². The predicted molar refractivity (Wildman–Crippen MR) is 90.3 cm³/mol. The number of nitrogens with one attached hydrogen (secondary N) is 1. The van der Waals surface area contributed by atoms with E-state index in [2.05, 4.69) is 43.1 Å². The molecule has 116 valence electrons. The highest BCUT2D eigenvalue weighted by Gasteiger charge is 2.13. The minimum absolute atomic E-state index is 0.675. The molecule has 0 aliphatic heterocycles. The number of hydrogen-bond donors (Lipinski definition) is 1. The molecule has 0 unspecified atom stereocenters. The molecule has 0 radical (unpaired) electrons. The van der Waals surface area contributed by atoms with Crippen LogP contribution in [-0.2, 0) is 11.2 Å². The van der Waals surface area contributed by atoms with Crippen LogP contribution in [0.5, 0.6) is 0 Å². The van der Waals surface area contributed by atoms with Crippen LogP contribution in [0.2, 0.25) is 0 Å². The van der Waals surface area contributed by atoms with E-state index in [1.807, 2.05) is 0 Å². The van der Waals surface area contributed by atoms with Crippen molar-refractivity contribution in [2.75, 3.05) is 11.9 Å². The van der Waals surface area contributed by atoms with Gasteiger partial charge in [0.15, 0.2) is 5.88 Å². The van der Waals surface area contributed by atoms with Crippen LogP contribution in [-0.4, -0.2) is 6.61 Å². The Morgan fingerprint density at radius 1 is 1.24 bits per heavy atom. The quantitative estimate of drug-likeness (QED) is 0.637. The van der Waals surface area contributed by atoms with Gasteiger partial charge in [0, 0.05) is 5.69 Å². The number of anilines is 1. The third kappa shape index (κ3) is 5.45. The molecule has 0 heterocycles. The molecule has 2 nitrogen and oxygen atoms in total. The van der Waals surface area contributed by atoms with Gasteiger partial charge in [-0.25, -0.2) is 0 Å². The van der Waals surface area contributed by atoms with Gasteiger partial charge in [-0.3, -0.25) is 0 Å². The van der Waals surface area contributed by atoms with Gasteiger partial charge in [-0.05, 0) is 37.0 Å². The van der Waals surface area contributed by atoms with E-state index in [9.17, 15) is 0 Å². The lowest BCUT2D eigenvalue weighted by Gasteiger charge is -2.22. The Hall–Kier alpha value is -1.44. The molecule has 1 fully saturated rings. The largest absolute Gasteiger partial charge is 0.479 e. The second-order valence-corrected chi connectivity index (χ2v) is 6.10. The predicted octanol–water partition coefficient (Wildman–Crippen LogP) is 5.51. The lowest BCUT2D eigenvalue weighted by molar-refractivity contribution is 0.181. The minimum Gasteiger partial charge on any atom is -0.479 e. The summed E-state index contributed by atoms with van der Waals surface area (Å²) in [4.78, 5) is 0. The average molecular weight is 287 g/mol. The molecule has 1 aromatic rings. The van der Waals surface area contributed by atoms with E-state index in [1.54, 1.807) is 0 Å². The van der Waals surface area contributed by atoms with Crippen LogP contribution in [0.25, 0.3) is 0 Å². The molecule has 1 aliphatic carbocycles. The SMILES string of the molecule is C=C(Nc1ccccc1CCC)OCCC1CCCCC1. The summed E-state index contributed by atoms with van der Waals surface area (Å²) in [6.45, 7) is 6.99. The summed E-state index contributed by atoms with van der Waals surface area (Å²) in [6, 6.07) is 8.40. The Morgan fingerprint density at radius 2 is 2.00 bits per heavy atom. The number of hydrogen-bond acceptors (Lipinski definition) is 2. The van der Waals surface area contributed by atoms with Gasteiger partial charge in [0.25, 0.3) is 0 Å². The van der Waals surface area contributed by atoms with Crippen LogP contribution in [0, 0.1) is 5.92 Å². The monoisotopic (exact) mass is 287 g/mol. The summed E-state index contributed by atoms with van der Waals surface area (Å²) < 4.78 is 5.78. The molecule has 0 aromatic heterocycles. The average Bonchev–Trinajstić information content (AvgIpc) is 2.50. The molecule has 2 rings (SSSR count). The molecule has 1 saturated carbocycles. The smallest absolute Gasteiger partial charge is 0.183 e. The summed E-state index contributed by atoms with van der Waals surface area (Å²) in [5.41, 5.74) is 2.46. The molecule has 0 amide bonds. The molecule has 21 heavy (non-hydrogen) atoms. The second-order valence-electron chi connectivity index (χ2n) is 6.10. The van der Waals surface area contributed by atoms with Gasteiger partial charge in [0.05, 0.1) is 6.61 Å². The first-order valence-electron chi connectivity index (χ1n) is 8.46. The number of para-hydroxylation sites is 1. The van der Waals surface area contributed by atoms with Gasteiger partial charge < -0.3 is 10.1 Å². The first-order chi connectivity index (χ1) is 10.3. The number of ether oxygens (including phenoxy) is 1. The zero-order chi connectivity index (χ0) is 14.9. The van der Waals surface area contributed by atoms with Crippen LogP contribution < -0.4 is 5.32 Å². The first kappa shape index (κ1) is 15.9. The normalized spacial score (nSPS) is 15.7. The maximum absolute atomic E-state index is 5.78. The topological polar surface area (TPSA) is 21.3 Å². The van der Waals surface area contributed by atoms with Gasteiger partial charge in [-0.1, -0.05) is 63.6 Å². The zero-order valence-corrected chi connectivity index (χ0v) is 13.4. The Bertz CT molecular complexity index is 435. The van der Waals surface area contributed by atoms with Crippen molar-refractivity contribution in [2.24, 2.45) is 5.92 Å². The maximum atomic E-state index is 5.78. The fourth-order valence-electron chi connectivity index (χ4n) is 3.14. The summed E-state index contributed by atoms with van der Waals surface area (Å²) in [5, 5.41) is 3.32. The molecule has 0 saturated heterocycles. The molecule has 0 spiro atoms. The first-order valence-corrected chi connectivity index (χ1v) is 8.46. The number of aryl methyl sites for hydroxylation is 1. The molecule has 1 aromatic carbocycles. The molecular formula is C19H29NO. The fraction of sp³-hybridized carbons (Fsp3) is 0.579. The summed E-state index contributed by atoms with van der Waals surface area (Å²) >= 11 is 0. The van der Waals surface area contributed by atoms with E-state index >= 15 is 0 Å². The van der Waals surface area contributed by atoms with Crippen LogP contribution in [0.1, 0.15) is 57.4 Å². The Morgan fingerprint density at radius 3 is 2.76 bits per heavy atom. The van der Waals surface area contributed by atoms with Gasteiger partial charge in [-0.15, -0.1) is 0 Å². The number of rotatable bonds is 8. The summed E-state index contributed by atoms with van der Waals surface area (Å²) in [5.74, 6) is 1.54. The number of benzene rings is 1. The van der Waals surface area contributed by atoms with Gasteiger partial charge in [0.2, 0.25) is 0 Å². The van der Waals surface area contributed by atoms with Crippen molar-refractivity contribution in [3.05, 3.63) is 42.3 Å². The Balaban J connectivity index is 1.73. The third-order valence-corrected chi connectivity index (χ3v) is 4.34. The van der Waals surface area contributed by atoms with Crippen molar-refractivity contribution in [1.82, 2.24) is 0 Å². The van der Waals surface area contributed by atoms with Crippen molar-refractivity contribution >= 4 is 5.69 Å². The van der Waals surface area contributed by atoms with E-state index in [0.29, 0.717) is 5.88 Å². The van der Waals surface area contributed by atoms with E-state index in [4.69, 9.17) is 4.74 Å². The van der Waals surface area contributed by atoms with Gasteiger partial charge in [-0.2, -0.15) is 0 Å².